The number of anilines is 2. The molecule has 1 heterocycles. The Kier molecular flexibility index (Phi) is 3.25. The van der Waals surface area contributed by atoms with Crippen LogP contribution < -0.4 is 16.4 Å². The van der Waals surface area contributed by atoms with Gasteiger partial charge in [-0.1, -0.05) is 12.1 Å². The van der Waals surface area contributed by atoms with Crippen LogP contribution in [-0.4, -0.2) is 12.5 Å². The molecule has 108 valence electrons. The van der Waals surface area contributed by atoms with Gasteiger partial charge in [-0.05, 0) is 41.8 Å². The lowest BCUT2D eigenvalue weighted by atomic mass is 9.97. The first-order chi connectivity index (χ1) is 10.1. The molecule has 0 bridgehead atoms. The van der Waals surface area contributed by atoms with Gasteiger partial charge in [0.15, 0.2) is 0 Å². The fourth-order valence-electron chi connectivity index (χ4n) is 2.83. The summed E-state index contributed by atoms with van der Waals surface area (Å²) in [5.74, 6) is -1.09. The van der Waals surface area contributed by atoms with E-state index in [1.807, 2.05) is 23.1 Å². The monoisotopic (exact) mass is 285 g/mol. The summed E-state index contributed by atoms with van der Waals surface area (Å²) >= 11 is 0. The van der Waals surface area contributed by atoms with E-state index in [1.54, 1.807) is 6.07 Å². The predicted octanol–water partition coefficient (Wildman–Crippen LogP) is 2.07. The van der Waals surface area contributed by atoms with Crippen molar-refractivity contribution in [2.75, 3.05) is 17.2 Å². The summed E-state index contributed by atoms with van der Waals surface area (Å²) in [5.41, 5.74) is 15.3. The molecule has 4 nitrogen and oxygen atoms in total. The molecule has 0 radical (unpaired) electrons. The maximum absolute atomic E-state index is 13.3. The smallest absolute Gasteiger partial charge is 0.250 e. The average molecular weight is 285 g/mol. The van der Waals surface area contributed by atoms with E-state index in [4.69, 9.17) is 11.5 Å². The van der Waals surface area contributed by atoms with Crippen molar-refractivity contribution in [3.05, 3.63) is 58.9 Å². The Morgan fingerprint density at radius 2 is 2.05 bits per heavy atom. The van der Waals surface area contributed by atoms with Crippen molar-refractivity contribution in [1.82, 2.24) is 0 Å². The number of rotatable bonds is 2. The third kappa shape index (κ3) is 2.42. The molecular weight excluding hydrogens is 269 g/mol. The number of amides is 1. The van der Waals surface area contributed by atoms with Crippen LogP contribution in [-0.2, 0) is 13.0 Å². The van der Waals surface area contributed by atoms with Crippen LogP contribution in [0.1, 0.15) is 21.5 Å². The lowest BCUT2D eigenvalue weighted by molar-refractivity contribution is 0.1000. The van der Waals surface area contributed by atoms with Gasteiger partial charge >= 0.3 is 0 Å². The van der Waals surface area contributed by atoms with Crippen molar-refractivity contribution >= 4 is 17.3 Å². The molecule has 0 aromatic heterocycles. The van der Waals surface area contributed by atoms with Gasteiger partial charge in [0, 0.05) is 18.8 Å². The van der Waals surface area contributed by atoms with Gasteiger partial charge in [-0.15, -0.1) is 0 Å². The van der Waals surface area contributed by atoms with E-state index in [0.717, 1.165) is 23.2 Å². The third-order valence-electron chi connectivity index (χ3n) is 3.87. The minimum atomic E-state index is -0.622. The fraction of sp³-hybridized carbons (Fsp3) is 0.188. The normalized spacial score (nSPS) is 13.9. The van der Waals surface area contributed by atoms with E-state index in [2.05, 4.69) is 0 Å². The first-order valence-electron chi connectivity index (χ1n) is 6.77. The van der Waals surface area contributed by atoms with Gasteiger partial charge in [-0.2, -0.15) is 0 Å². The molecule has 1 aliphatic rings. The first kappa shape index (κ1) is 13.4. The Labute approximate surface area is 122 Å². The maximum Gasteiger partial charge on any atom is 0.250 e. The summed E-state index contributed by atoms with van der Waals surface area (Å²) in [6.07, 6.45) is 0.789. The molecule has 0 saturated carbocycles. The molecule has 0 unspecified atom stereocenters. The molecule has 0 spiro atoms. The standard InChI is InChI=1S/C16H16FN3O/c17-11-4-5-15(13(8-11)16(19)21)20-7-6-12-10(9-20)2-1-3-14(12)18/h1-5,8H,6-7,9,18H2,(H2,19,21). The molecule has 2 aromatic carbocycles. The van der Waals surface area contributed by atoms with Crippen molar-refractivity contribution in [1.29, 1.82) is 0 Å². The number of nitrogens with two attached hydrogens (primary N) is 2. The number of halogens is 1. The molecule has 5 heteroatoms. The third-order valence-corrected chi connectivity index (χ3v) is 3.87. The Bertz CT molecular complexity index is 715. The van der Waals surface area contributed by atoms with Crippen molar-refractivity contribution < 1.29 is 9.18 Å². The van der Waals surface area contributed by atoms with Gasteiger partial charge in [-0.25, -0.2) is 4.39 Å². The van der Waals surface area contributed by atoms with Crippen LogP contribution in [0.5, 0.6) is 0 Å². The Balaban J connectivity index is 1.99. The minimum absolute atomic E-state index is 0.211. The van der Waals surface area contributed by atoms with E-state index in [-0.39, 0.29) is 5.56 Å². The van der Waals surface area contributed by atoms with E-state index >= 15 is 0 Å². The van der Waals surface area contributed by atoms with Crippen LogP contribution in [0.2, 0.25) is 0 Å². The van der Waals surface area contributed by atoms with E-state index in [1.165, 1.54) is 12.1 Å². The first-order valence-corrected chi connectivity index (χ1v) is 6.77. The molecule has 0 aliphatic carbocycles. The van der Waals surface area contributed by atoms with Gasteiger partial charge in [0.25, 0.3) is 5.91 Å². The summed E-state index contributed by atoms with van der Waals surface area (Å²) in [6, 6.07) is 9.96. The molecule has 2 aromatic rings. The quantitative estimate of drug-likeness (QED) is 0.830. The summed E-state index contributed by atoms with van der Waals surface area (Å²) in [6.45, 7) is 1.35. The van der Waals surface area contributed by atoms with Crippen LogP contribution in [0.3, 0.4) is 0 Å². The summed E-state index contributed by atoms with van der Waals surface area (Å²) in [4.78, 5) is 13.6. The largest absolute Gasteiger partial charge is 0.398 e. The van der Waals surface area contributed by atoms with Gasteiger partial charge in [0.05, 0.1) is 11.3 Å². The molecule has 0 fully saturated rings. The number of hydrogen-bond donors (Lipinski definition) is 2. The maximum atomic E-state index is 13.3. The number of carbonyl (C=O) groups excluding carboxylic acids is 1. The molecule has 3 rings (SSSR count). The lowest BCUT2D eigenvalue weighted by Gasteiger charge is -2.32. The number of fused-ring (bicyclic) bond motifs is 1. The number of nitrogen functional groups attached to an aromatic ring is 1. The Hall–Kier alpha value is -2.56. The van der Waals surface area contributed by atoms with Crippen LogP contribution in [0.25, 0.3) is 0 Å². The lowest BCUT2D eigenvalue weighted by Crippen LogP contribution is -2.32. The molecule has 21 heavy (non-hydrogen) atoms. The van der Waals surface area contributed by atoms with Crippen molar-refractivity contribution in [3.8, 4) is 0 Å². The average Bonchev–Trinajstić information content (AvgIpc) is 2.47. The van der Waals surface area contributed by atoms with Crippen LogP contribution in [0, 0.1) is 5.82 Å². The summed E-state index contributed by atoms with van der Waals surface area (Å²) in [7, 11) is 0. The van der Waals surface area contributed by atoms with Gasteiger partial charge in [0.1, 0.15) is 5.82 Å². The molecule has 1 aliphatic heterocycles. The number of nitrogens with zero attached hydrogens (tertiary/aromatic N) is 1. The van der Waals surface area contributed by atoms with Gasteiger partial charge < -0.3 is 16.4 Å². The second-order valence-corrected chi connectivity index (χ2v) is 5.18. The number of carbonyl (C=O) groups is 1. The number of benzene rings is 2. The van der Waals surface area contributed by atoms with E-state index < -0.39 is 11.7 Å². The highest BCUT2D eigenvalue weighted by atomic mass is 19.1. The van der Waals surface area contributed by atoms with E-state index in [0.29, 0.717) is 18.8 Å². The highest BCUT2D eigenvalue weighted by Crippen LogP contribution is 2.30. The number of hydrogen-bond acceptors (Lipinski definition) is 3. The molecular formula is C16H16FN3O. The second-order valence-electron chi connectivity index (χ2n) is 5.18. The topological polar surface area (TPSA) is 72.4 Å². The molecule has 0 saturated heterocycles. The minimum Gasteiger partial charge on any atom is -0.398 e. The van der Waals surface area contributed by atoms with Crippen LogP contribution in [0.4, 0.5) is 15.8 Å². The Morgan fingerprint density at radius 3 is 2.81 bits per heavy atom. The summed E-state index contributed by atoms with van der Waals surface area (Å²) < 4.78 is 13.3. The zero-order chi connectivity index (χ0) is 15.0. The number of primary amides is 1. The SMILES string of the molecule is NC(=O)c1cc(F)ccc1N1CCc2c(N)cccc2C1. The Morgan fingerprint density at radius 1 is 1.24 bits per heavy atom. The highest BCUT2D eigenvalue weighted by Gasteiger charge is 2.21. The zero-order valence-electron chi connectivity index (χ0n) is 11.5. The van der Waals surface area contributed by atoms with Crippen LogP contribution in [0.15, 0.2) is 36.4 Å². The fourth-order valence-corrected chi connectivity index (χ4v) is 2.83. The van der Waals surface area contributed by atoms with Crippen LogP contribution >= 0.6 is 0 Å². The van der Waals surface area contributed by atoms with Crippen molar-refractivity contribution in [2.45, 2.75) is 13.0 Å². The molecule has 4 N–H and O–H groups in total. The predicted molar refractivity (Wildman–Crippen MR) is 80.5 cm³/mol. The zero-order valence-corrected chi connectivity index (χ0v) is 11.5. The van der Waals surface area contributed by atoms with Gasteiger partial charge in [-0.3, -0.25) is 4.79 Å². The second kappa shape index (κ2) is 5.09. The summed E-state index contributed by atoms with van der Waals surface area (Å²) in [5, 5.41) is 0. The molecule has 0 atom stereocenters. The molecule has 1 amide bonds. The highest BCUT2D eigenvalue weighted by molar-refractivity contribution is 5.98. The van der Waals surface area contributed by atoms with Crippen molar-refractivity contribution in [2.24, 2.45) is 5.73 Å². The van der Waals surface area contributed by atoms with Gasteiger partial charge in [0.2, 0.25) is 0 Å². The van der Waals surface area contributed by atoms with Crippen molar-refractivity contribution in [3.63, 3.8) is 0 Å². The van der Waals surface area contributed by atoms with E-state index in [9.17, 15) is 9.18 Å².